The average Bonchev–Trinajstić information content (AvgIpc) is 2.78. The summed E-state index contributed by atoms with van der Waals surface area (Å²) < 4.78 is 0. The van der Waals surface area contributed by atoms with Gasteiger partial charge in [-0.25, -0.2) is 9.78 Å². The lowest BCUT2D eigenvalue weighted by Gasteiger charge is -2.31. The molecule has 0 saturated carbocycles. The Labute approximate surface area is 102 Å². The second-order valence-corrected chi connectivity index (χ2v) is 4.83. The van der Waals surface area contributed by atoms with Gasteiger partial charge < -0.3 is 4.90 Å². The molecule has 92 valence electrons. The van der Waals surface area contributed by atoms with Crippen molar-refractivity contribution in [1.82, 2.24) is 0 Å². The molecule has 0 aromatic heterocycles. The van der Waals surface area contributed by atoms with Crippen molar-refractivity contribution in [2.24, 2.45) is 0 Å². The first-order valence-corrected chi connectivity index (χ1v) is 6.54. The van der Waals surface area contributed by atoms with Crippen LogP contribution < -0.4 is 4.90 Å². The predicted octanol–water partition coefficient (Wildman–Crippen LogP) is 3.07. The van der Waals surface area contributed by atoms with Crippen LogP contribution in [0.5, 0.6) is 0 Å². The van der Waals surface area contributed by atoms with Gasteiger partial charge in [0, 0.05) is 18.2 Å². The SMILES string of the molecule is CCC1CN(C2CCCOO2)c2ccccc21. The minimum absolute atomic E-state index is 0.0986. The second kappa shape index (κ2) is 4.67. The van der Waals surface area contributed by atoms with Crippen LogP contribution in [0.25, 0.3) is 0 Å². The fourth-order valence-electron chi connectivity index (χ4n) is 2.85. The Morgan fingerprint density at radius 3 is 3.00 bits per heavy atom. The standard InChI is InChI=1S/C14H19NO2/c1-2-11-10-15(14-8-5-9-16-17-14)13-7-4-3-6-12(11)13/h3-4,6-7,11,14H,2,5,8-10H2,1H3. The van der Waals surface area contributed by atoms with Crippen LogP contribution in [-0.2, 0) is 9.78 Å². The molecule has 0 amide bonds. The van der Waals surface area contributed by atoms with Gasteiger partial charge in [0.2, 0.25) is 0 Å². The summed E-state index contributed by atoms with van der Waals surface area (Å²) in [6.45, 7) is 4.04. The molecular weight excluding hydrogens is 214 g/mol. The Morgan fingerprint density at radius 1 is 1.35 bits per heavy atom. The maximum Gasteiger partial charge on any atom is 0.165 e. The molecule has 0 radical (unpaired) electrons. The van der Waals surface area contributed by atoms with Gasteiger partial charge in [-0.15, -0.1) is 0 Å². The fourth-order valence-corrected chi connectivity index (χ4v) is 2.85. The van der Waals surface area contributed by atoms with Crippen molar-refractivity contribution >= 4 is 5.69 Å². The minimum Gasteiger partial charge on any atom is -0.343 e. The number of hydrogen-bond donors (Lipinski definition) is 0. The van der Waals surface area contributed by atoms with Crippen LogP contribution in [0.4, 0.5) is 5.69 Å². The highest BCUT2D eigenvalue weighted by atomic mass is 17.2. The summed E-state index contributed by atoms with van der Waals surface area (Å²) in [6.07, 6.45) is 3.42. The van der Waals surface area contributed by atoms with Crippen LogP contribution in [0.3, 0.4) is 0 Å². The zero-order chi connectivity index (χ0) is 11.7. The molecule has 0 N–H and O–H groups in total. The molecule has 0 spiro atoms. The number of anilines is 1. The summed E-state index contributed by atoms with van der Waals surface area (Å²) in [6, 6.07) is 8.67. The average molecular weight is 233 g/mol. The van der Waals surface area contributed by atoms with Gasteiger partial charge in [-0.05, 0) is 30.9 Å². The lowest BCUT2D eigenvalue weighted by Crippen LogP contribution is -2.39. The summed E-state index contributed by atoms with van der Waals surface area (Å²) >= 11 is 0. The molecule has 2 atom stereocenters. The van der Waals surface area contributed by atoms with E-state index in [1.807, 2.05) is 0 Å². The molecule has 2 aliphatic heterocycles. The Bertz CT molecular complexity index is 388. The van der Waals surface area contributed by atoms with Crippen molar-refractivity contribution in [1.29, 1.82) is 0 Å². The van der Waals surface area contributed by atoms with Gasteiger partial charge in [0.05, 0.1) is 6.61 Å². The Hall–Kier alpha value is -1.06. The number of para-hydroxylation sites is 1. The van der Waals surface area contributed by atoms with E-state index < -0.39 is 0 Å². The summed E-state index contributed by atoms with van der Waals surface area (Å²) in [5, 5.41) is 0. The molecule has 3 nitrogen and oxygen atoms in total. The highest BCUT2D eigenvalue weighted by molar-refractivity contribution is 5.60. The van der Waals surface area contributed by atoms with Gasteiger partial charge in [0.1, 0.15) is 0 Å². The van der Waals surface area contributed by atoms with Crippen molar-refractivity contribution in [2.75, 3.05) is 18.1 Å². The van der Waals surface area contributed by atoms with E-state index >= 15 is 0 Å². The number of nitrogens with zero attached hydrogens (tertiary/aromatic N) is 1. The molecule has 1 saturated heterocycles. The van der Waals surface area contributed by atoms with Gasteiger partial charge in [-0.1, -0.05) is 25.1 Å². The maximum atomic E-state index is 5.44. The Kier molecular flexibility index (Phi) is 3.04. The third-order valence-corrected chi connectivity index (χ3v) is 3.80. The third kappa shape index (κ3) is 1.94. The van der Waals surface area contributed by atoms with Crippen molar-refractivity contribution in [3.8, 4) is 0 Å². The molecule has 1 fully saturated rings. The predicted molar refractivity (Wildman–Crippen MR) is 66.9 cm³/mol. The lowest BCUT2D eigenvalue weighted by molar-refractivity contribution is -0.343. The van der Waals surface area contributed by atoms with Crippen LogP contribution in [0.2, 0.25) is 0 Å². The largest absolute Gasteiger partial charge is 0.343 e. The number of benzene rings is 1. The van der Waals surface area contributed by atoms with E-state index in [0.29, 0.717) is 5.92 Å². The van der Waals surface area contributed by atoms with E-state index in [9.17, 15) is 0 Å². The van der Waals surface area contributed by atoms with Crippen LogP contribution >= 0.6 is 0 Å². The Morgan fingerprint density at radius 2 is 2.24 bits per heavy atom. The van der Waals surface area contributed by atoms with Gasteiger partial charge in [0.15, 0.2) is 6.23 Å². The first-order chi connectivity index (χ1) is 8.40. The van der Waals surface area contributed by atoms with E-state index in [1.54, 1.807) is 0 Å². The Balaban J connectivity index is 1.87. The van der Waals surface area contributed by atoms with E-state index in [-0.39, 0.29) is 6.23 Å². The number of hydrogen-bond acceptors (Lipinski definition) is 3. The molecule has 2 heterocycles. The van der Waals surface area contributed by atoms with Crippen molar-refractivity contribution in [3.63, 3.8) is 0 Å². The summed E-state index contributed by atoms with van der Waals surface area (Å²) in [7, 11) is 0. The zero-order valence-electron chi connectivity index (χ0n) is 10.3. The van der Waals surface area contributed by atoms with Gasteiger partial charge in [-0.3, -0.25) is 0 Å². The van der Waals surface area contributed by atoms with E-state index in [0.717, 1.165) is 26.0 Å². The fraction of sp³-hybridized carbons (Fsp3) is 0.571. The second-order valence-electron chi connectivity index (χ2n) is 4.83. The molecule has 17 heavy (non-hydrogen) atoms. The van der Waals surface area contributed by atoms with Crippen LogP contribution in [0, 0.1) is 0 Å². The number of rotatable bonds is 2. The van der Waals surface area contributed by atoms with Crippen LogP contribution in [0.15, 0.2) is 24.3 Å². The summed E-state index contributed by atoms with van der Waals surface area (Å²) in [5.74, 6) is 0.636. The summed E-state index contributed by atoms with van der Waals surface area (Å²) in [5.41, 5.74) is 2.79. The normalized spacial score (nSPS) is 28.2. The van der Waals surface area contributed by atoms with Gasteiger partial charge in [0.25, 0.3) is 0 Å². The molecule has 0 aliphatic carbocycles. The van der Waals surface area contributed by atoms with Crippen LogP contribution in [0.1, 0.15) is 37.7 Å². The lowest BCUT2D eigenvalue weighted by atomic mass is 9.99. The van der Waals surface area contributed by atoms with Crippen LogP contribution in [-0.4, -0.2) is 19.4 Å². The maximum absolute atomic E-state index is 5.44. The topological polar surface area (TPSA) is 21.7 Å². The molecule has 1 aromatic carbocycles. The van der Waals surface area contributed by atoms with Gasteiger partial charge in [-0.2, -0.15) is 0 Å². The van der Waals surface area contributed by atoms with E-state index in [1.165, 1.54) is 17.7 Å². The minimum atomic E-state index is 0.0986. The molecule has 1 aromatic rings. The molecule has 2 aliphatic rings. The highest BCUT2D eigenvalue weighted by Crippen LogP contribution is 2.40. The highest BCUT2D eigenvalue weighted by Gasteiger charge is 2.33. The smallest absolute Gasteiger partial charge is 0.165 e. The first kappa shape index (κ1) is 11.1. The third-order valence-electron chi connectivity index (χ3n) is 3.80. The molecular formula is C14H19NO2. The monoisotopic (exact) mass is 233 g/mol. The molecule has 3 rings (SSSR count). The zero-order valence-corrected chi connectivity index (χ0v) is 10.3. The van der Waals surface area contributed by atoms with Crippen molar-refractivity contribution in [2.45, 2.75) is 38.3 Å². The quantitative estimate of drug-likeness (QED) is 0.733. The summed E-state index contributed by atoms with van der Waals surface area (Å²) in [4.78, 5) is 12.9. The molecule has 2 unspecified atom stereocenters. The molecule has 0 bridgehead atoms. The number of fused-ring (bicyclic) bond motifs is 1. The van der Waals surface area contributed by atoms with Crippen molar-refractivity contribution < 1.29 is 9.78 Å². The van der Waals surface area contributed by atoms with Crippen molar-refractivity contribution in [3.05, 3.63) is 29.8 Å². The molecule has 3 heteroatoms. The van der Waals surface area contributed by atoms with E-state index in [4.69, 9.17) is 9.78 Å². The first-order valence-electron chi connectivity index (χ1n) is 6.54. The van der Waals surface area contributed by atoms with E-state index in [2.05, 4.69) is 36.1 Å². The van der Waals surface area contributed by atoms with Gasteiger partial charge >= 0.3 is 0 Å².